The van der Waals surface area contributed by atoms with Gasteiger partial charge in [0.15, 0.2) is 29.0 Å². The Balaban J connectivity index is 1.72. The molecule has 0 spiro atoms. The van der Waals surface area contributed by atoms with Crippen molar-refractivity contribution in [1.29, 1.82) is 0 Å². The normalized spacial score (nSPS) is 19.7. The molecule has 0 aromatic heterocycles. The number of allylic oxidation sites excluding steroid dienone is 5. The van der Waals surface area contributed by atoms with Gasteiger partial charge in [0.25, 0.3) is 0 Å². The minimum atomic E-state index is -2.14. The van der Waals surface area contributed by atoms with Crippen molar-refractivity contribution in [2.45, 2.75) is 32.1 Å². The molecule has 8 heteroatoms. The van der Waals surface area contributed by atoms with Crippen LogP contribution in [-0.4, -0.2) is 47.5 Å². The van der Waals surface area contributed by atoms with E-state index in [9.17, 15) is 23.1 Å². The molecule has 0 bridgehead atoms. The molecule has 2 fully saturated rings. The van der Waals surface area contributed by atoms with E-state index in [2.05, 4.69) is 9.48 Å². The van der Waals surface area contributed by atoms with Crippen molar-refractivity contribution in [3.8, 4) is 0 Å². The molecule has 6 rings (SSSR count). The molecule has 0 unspecified atom stereocenters. The zero-order valence-electron chi connectivity index (χ0n) is 20.5. The van der Waals surface area contributed by atoms with E-state index < -0.39 is 45.8 Å². The van der Waals surface area contributed by atoms with Crippen molar-refractivity contribution in [3.63, 3.8) is 0 Å². The highest BCUT2D eigenvalue weighted by Crippen LogP contribution is 2.52. The predicted octanol–water partition coefficient (Wildman–Crippen LogP) is 5.60. The third kappa shape index (κ3) is 3.34. The Morgan fingerprint density at radius 3 is 2.27 bits per heavy atom. The third-order valence-electron chi connectivity index (χ3n) is 8.07. The zero-order valence-corrected chi connectivity index (χ0v) is 20.5. The monoisotopic (exact) mass is 509 g/mol. The van der Waals surface area contributed by atoms with Gasteiger partial charge < -0.3 is 10.0 Å². The average molecular weight is 510 g/mol. The van der Waals surface area contributed by atoms with Gasteiger partial charge in [-0.05, 0) is 46.9 Å². The lowest BCUT2D eigenvalue weighted by Crippen LogP contribution is -2.38. The summed E-state index contributed by atoms with van der Waals surface area (Å²) in [7, 11) is 0. The fourth-order valence-electron chi connectivity index (χ4n) is 5.70. The Morgan fingerprint density at radius 2 is 1.68 bits per heavy atom. The Labute approximate surface area is 211 Å². The number of aromatic carboxylic acids is 1. The summed E-state index contributed by atoms with van der Waals surface area (Å²) in [6.45, 7) is 7.66. The van der Waals surface area contributed by atoms with Gasteiger partial charge in [-0.1, -0.05) is 19.9 Å². The summed E-state index contributed by atoms with van der Waals surface area (Å²) in [6.07, 6.45) is 7.73. The molecule has 2 aliphatic carbocycles. The minimum Gasteiger partial charge on any atom is -0.478 e. The molecule has 37 heavy (non-hydrogen) atoms. The molecule has 2 aromatic rings. The fourth-order valence-corrected chi connectivity index (χ4v) is 5.70. The number of nitrogens with zero attached hydrogens (tertiary/aromatic N) is 2. The second-order valence-electron chi connectivity index (χ2n) is 10.5. The van der Waals surface area contributed by atoms with Gasteiger partial charge in [-0.2, -0.15) is 0 Å². The number of halogens is 4. The molecule has 1 N–H and O–H groups in total. The summed E-state index contributed by atoms with van der Waals surface area (Å²) in [5.41, 5.74) is 1.87. The molecular formula is C29H25F4N2O2+. The first-order valence-electron chi connectivity index (χ1n) is 12.4. The van der Waals surface area contributed by atoms with E-state index in [1.807, 2.05) is 38.1 Å². The highest BCUT2D eigenvalue weighted by atomic mass is 19.2. The summed E-state index contributed by atoms with van der Waals surface area (Å²) in [6, 6.07) is 5.58. The Morgan fingerprint density at radius 1 is 0.973 bits per heavy atom. The first-order chi connectivity index (χ1) is 17.6. The smallest absolute Gasteiger partial charge is 0.339 e. The number of anilines is 1. The maximum atomic E-state index is 15.5. The van der Waals surface area contributed by atoms with Crippen LogP contribution >= 0.6 is 0 Å². The van der Waals surface area contributed by atoms with Crippen LogP contribution in [0.2, 0.25) is 0 Å². The van der Waals surface area contributed by atoms with Gasteiger partial charge in [-0.15, -0.1) is 0 Å². The molecule has 0 amide bonds. The molecular weight excluding hydrogens is 484 g/mol. The number of carboxylic acid groups (broad SMARTS) is 1. The Kier molecular flexibility index (Phi) is 5.23. The maximum Gasteiger partial charge on any atom is 0.339 e. The predicted molar refractivity (Wildman–Crippen MR) is 132 cm³/mol. The van der Waals surface area contributed by atoms with Crippen LogP contribution in [0.25, 0.3) is 5.57 Å². The number of fused-ring (bicyclic) bond motifs is 2. The molecule has 4 aliphatic rings. The lowest BCUT2D eigenvalue weighted by Gasteiger charge is -2.41. The lowest BCUT2D eigenvalue weighted by atomic mass is 9.64. The van der Waals surface area contributed by atoms with Gasteiger partial charge >= 0.3 is 5.97 Å². The van der Waals surface area contributed by atoms with Crippen molar-refractivity contribution in [1.82, 2.24) is 0 Å². The molecule has 2 heterocycles. The molecule has 0 atom stereocenters. The van der Waals surface area contributed by atoms with Crippen LogP contribution in [-0.2, 0) is 5.41 Å². The van der Waals surface area contributed by atoms with Crippen molar-refractivity contribution in [2.75, 3.05) is 31.1 Å². The highest BCUT2D eigenvalue weighted by Gasteiger charge is 2.42. The average Bonchev–Trinajstić information content (AvgIpc) is 2.79. The zero-order chi connectivity index (χ0) is 26.2. The standard InChI is InChI=1S/C29H24F4N2O2/c1-29(2)19-13-15(34-9-3-10-34)5-7-17(19)21(18-8-6-16(14-20(18)29)35-11-4-12-35)22-23(28(36)37)25(31)27(33)26(32)24(22)30/h5-8,13-14H,3-4,9-12H2,1-2H3/p+1. The molecule has 0 radical (unpaired) electrons. The lowest BCUT2D eigenvalue weighted by molar-refractivity contribution is -0.582. The largest absolute Gasteiger partial charge is 0.478 e. The van der Waals surface area contributed by atoms with Crippen LogP contribution in [0.5, 0.6) is 0 Å². The summed E-state index contributed by atoms with van der Waals surface area (Å²) in [5, 5.41) is 9.81. The van der Waals surface area contributed by atoms with Crippen molar-refractivity contribution in [2.24, 2.45) is 0 Å². The second-order valence-corrected chi connectivity index (χ2v) is 10.5. The summed E-state index contributed by atoms with van der Waals surface area (Å²) in [5.74, 6) is -9.69. The quantitative estimate of drug-likeness (QED) is 0.254. The SMILES string of the molecule is CC1(C)C2=CC(=[N+]3CCC3)C=CC2=C(c2c(F)c(F)c(F)c(F)c2C(=O)O)c2ccc(N3CCC3)cc21. The van der Waals surface area contributed by atoms with E-state index in [-0.39, 0.29) is 5.57 Å². The summed E-state index contributed by atoms with van der Waals surface area (Å²) >= 11 is 0. The van der Waals surface area contributed by atoms with Gasteiger partial charge in [-0.25, -0.2) is 26.9 Å². The van der Waals surface area contributed by atoms with Crippen LogP contribution < -0.4 is 4.90 Å². The van der Waals surface area contributed by atoms with Crippen molar-refractivity contribution >= 4 is 22.9 Å². The first-order valence-corrected chi connectivity index (χ1v) is 12.4. The maximum absolute atomic E-state index is 15.5. The first kappa shape index (κ1) is 23.7. The van der Waals surface area contributed by atoms with Gasteiger partial charge in [0, 0.05) is 47.5 Å². The number of benzene rings is 2. The summed E-state index contributed by atoms with van der Waals surface area (Å²) in [4.78, 5) is 14.3. The topological polar surface area (TPSA) is 43.6 Å². The highest BCUT2D eigenvalue weighted by molar-refractivity contribution is 6.08. The number of carboxylic acids is 1. The molecule has 2 aromatic carbocycles. The van der Waals surface area contributed by atoms with E-state index in [1.165, 1.54) is 0 Å². The van der Waals surface area contributed by atoms with Crippen molar-refractivity contribution < 1.29 is 32.0 Å². The number of carbonyl (C=O) groups is 1. The van der Waals surface area contributed by atoms with Crippen LogP contribution in [0.1, 0.15) is 53.7 Å². The number of hydrogen-bond donors (Lipinski definition) is 1. The van der Waals surface area contributed by atoms with Gasteiger partial charge in [0.1, 0.15) is 18.7 Å². The van der Waals surface area contributed by atoms with Crippen LogP contribution in [0, 0.1) is 23.3 Å². The number of hydrogen-bond acceptors (Lipinski definition) is 2. The van der Waals surface area contributed by atoms with Gasteiger partial charge in [0.05, 0.1) is 6.42 Å². The van der Waals surface area contributed by atoms with E-state index in [4.69, 9.17) is 0 Å². The molecule has 190 valence electrons. The van der Waals surface area contributed by atoms with E-state index in [0.717, 1.165) is 61.6 Å². The fraction of sp³-hybridized carbons (Fsp3) is 0.310. The molecule has 2 saturated heterocycles. The van der Waals surface area contributed by atoms with Crippen molar-refractivity contribution in [3.05, 3.63) is 93.1 Å². The second kappa shape index (κ2) is 8.16. The van der Waals surface area contributed by atoms with E-state index >= 15 is 4.39 Å². The van der Waals surface area contributed by atoms with E-state index in [0.29, 0.717) is 11.1 Å². The Bertz CT molecular complexity index is 1520. The van der Waals surface area contributed by atoms with Crippen LogP contribution in [0.4, 0.5) is 23.2 Å². The Hall–Kier alpha value is -3.68. The molecule has 0 saturated carbocycles. The number of rotatable bonds is 3. The van der Waals surface area contributed by atoms with Crippen LogP contribution in [0.3, 0.4) is 0 Å². The molecule has 4 nitrogen and oxygen atoms in total. The third-order valence-corrected chi connectivity index (χ3v) is 8.07. The molecule has 2 aliphatic heterocycles. The van der Waals surface area contributed by atoms with Gasteiger partial charge in [0.2, 0.25) is 0 Å². The minimum absolute atomic E-state index is 0.0438. The summed E-state index contributed by atoms with van der Waals surface area (Å²) < 4.78 is 61.3. The van der Waals surface area contributed by atoms with Gasteiger partial charge in [-0.3, -0.25) is 0 Å². The van der Waals surface area contributed by atoms with E-state index in [1.54, 1.807) is 12.1 Å². The van der Waals surface area contributed by atoms with Crippen LogP contribution in [0.15, 0.2) is 47.6 Å².